The number of hydrogen-bond acceptors (Lipinski definition) is 2. The molecule has 19 heavy (non-hydrogen) atoms. The smallest absolute Gasteiger partial charge is 0.131 e. The van der Waals surface area contributed by atoms with Crippen LogP contribution >= 0.6 is 23.4 Å². The van der Waals surface area contributed by atoms with Gasteiger partial charge in [0, 0.05) is 15.7 Å². The molecule has 2 aromatic carbocycles. The summed E-state index contributed by atoms with van der Waals surface area (Å²) in [5.74, 6) is -1.30. The van der Waals surface area contributed by atoms with Gasteiger partial charge in [0.25, 0.3) is 0 Å². The van der Waals surface area contributed by atoms with Crippen molar-refractivity contribution in [2.45, 2.75) is 11.0 Å². The van der Waals surface area contributed by atoms with Gasteiger partial charge >= 0.3 is 0 Å². The van der Waals surface area contributed by atoms with E-state index < -0.39 is 17.7 Å². The first-order valence-electron chi connectivity index (χ1n) is 5.58. The fraction of sp³-hybridized carbons (Fsp3) is 0.143. The first-order valence-corrected chi connectivity index (χ1v) is 6.94. The van der Waals surface area contributed by atoms with Crippen LogP contribution in [-0.4, -0.2) is 10.9 Å². The topological polar surface area (TPSA) is 20.2 Å². The van der Waals surface area contributed by atoms with Gasteiger partial charge in [-0.2, -0.15) is 0 Å². The lowest BCUT2D eigenvalue weighted by Gasteiger charge is -2.12. The lowest BCUT2D eigenvalue weighted by molar-refractivity contribution is 0.193. The molecule has 5 heteroatoms. The first-order chi connectivity index (χ1) is 9.08. The van der Waals surface area contributed by atoms with E-state index >= 15 is 0 Å². The Labute approximate surface area is 119 Å². The van der Waals surface area contributed by atoms with Crippen molar-refractivity contribution in [3.05, 3.63) is 64.7 Å². The third-order valence-electron chi connectivity index (χ3n) is 2.55. The second kappa shape index (κ2) is 6.37. The number of aliphatic hydroxyl groups excluding tert-OH is 1. The predicted octanol–water partition coefficient (Wildman–Crippen LogP) is 4.44. The molecule has 0 aliphatic carbocycles. The average Bonchev–Trinajstić information content (AvgIpc) is 2.38. The SMILES string of the molecule is OC(CSc1ccc(Cl)cc1)c1c(F)cccc1F. The van der Waals surface area contributed by atoms with E-state index in [1.807, 2.05) is 0 Å². The van der Waals surface area contributed by atoms with Crippen molar-refractivity contribution in [2.24, 2.45) is 0 Å². The quantitative estimate of drug-likeness (QED) is 0.842. The van der Waals surface area contributed by atoms with Gasteiger partial charge in [0.2, 0.25) is 0 Å². The van der Waals surface area contributed by atoms with Crippen LogP contribution in [-0.2, 0) is 0 Å². The largest absolute Gasteiger partial charge is 0.387 e. The van der Waals surface area contributed by atoms with Gasteiger partial charge in [-0.1, -0.05) is 17.7 Å². The maximum absolute atomic E-state index is 13.5. The summed E-state index contributed by atoms with van der Waals surface area (Å²) in [5, 5.41) is 10.5. The van der Waals surface area contributed by atoms with Crippen LogP contribution in [0.4, 0.5) is 8.78 Å². The van der Waals surface area contributed by atoms with E-state index in [0.717, 1.165) is 17.0 Å². The Morgan fingerprint density at radius 1 is 1.05 bits per heavy atom. The predicted molar refractivity (Wildman–Crippen MR) is 73.5 cm³/mol. The molecule has 1 nitrogen and oxygen atoms in total. The van der Waals surface area contributed by atoms with Crippen LogP contribution < -0.4 is 0 Å². The summed E-state index contributed by atoms with van der Waals surface area (Å²) in [6.45, 7) is 0. The fourth-order valence-electron chi connectivity index (χ4n) is 1.62. The van der Waals surface area contributed by atoms with Gasteiger partial charge in [0.15, 0.2) is 0 Å². The zero-order valence-electron chi connectivity index (χ0n) is 9.82. The van der Waals surface area contributed by atoms with Crippen molar-refractivity contribution >= 4 is 23.4 Å². The molecule has 0 saturated heterocycles. The number of rotatable bonds is 4. The van der Waals surface area contributed by atoms with Gasteiger partial charge in [0.05, 0.1) is 11.7 Å². The summed E-state index contributed by atoms with van der Waals surface area (Å²) < 4.78 is 26.9. The van der Waals surface area contributed by atoms with Crippen LogP contribution in [0.15, 0.2) is 47.4 Å². The average molecular weight is 301 g/mol. The van der Waals surface area contributed by atoms with E-state index in [0.29, 0.717) is 5.02 Å². The monoisotopic (exact) mass is 300 g/mol. The van der Waals surface area contributed by atoms with Crippen LogP contribution in [0, 0.1) is 11.6 Å². The molecule has 0 aliphatic rings. The molecular formula is C14H11ClF2OS. The Bertz CT molecular complexity index is 540. The van der Waals surface area contributed by atoms with Gasteiger partial charge < -0.3 is 5.11 Å². The molecule has 1 unspecified atom stereocenters. The Kier molecular flexibility index (Phi) is 4.80. The van der Waals surface area contributed by atoms with Crippen LogP contribution in [0.2, 0.25) is 5.02 Å². The molecule has 0 amide bonds. The van der Waals surface area contributed by atoms with Crippen molar-refractivity contribution in [1.29, 1.82) is 0 Å². The molecule has 0 saturated carbocycles. The molecule has 0 bridgehead atoms. The maximum atomic E-state index is 13.5. The molecular weight excluding hydrogens is 290 g/mol. The Morgan fingerprint density at radius 2 is 1.63 bits per heavy atom. The summed E-state index contributed by atoms with van der Waals surface area (Å²) in [5.41, 5.74) is -0.288. The molecule has 2 aromatic rings. The zero-order chi connectivity index (χ0) is 13.8. The van der Waals surface area contributed by atoms with Crippen molar-refractivity contribution in [1.82, 2.24) is 0 Å². The molecule has 2 rings (SSSR count). The lowest BCUT2D eigenvalue weighted by Crippen LogP contribution is -2.06. The number of benzene rings is 2. The van der Waals surface area contributed by atoms with E-state index in [2.05, 4.69) is 0 Å². The van der Waals surface area contributed by atoms with Gasteiger partial charge in [0.1, 0.15) is 11.6 Å². The van der Waals surface area contributed by atoms with Crippen molar-refractivity contribution < 1.29 is 13.9 Å². The summed E-state index contributed by atoms with van der Waals surface area (Å²) in [6.07, 6.45) is -1.19. The molecule has 0 aromatic heterocycles. The van der Waals surface area contributed by atoms with Crippen molar-refractivity contribution in [3.63, 3.8) is 0 Å². The maximum Gasteiger partial charge on any atom is 0.131 e. The van der Waals surface area contributed by atoms with Crippen LogP contribution in [0.1, 0.15) is 11.7 Å². The van der Waals surface area contributed by atoms with Crippen LogP contribution in [0.25, 0.3) is 0 Å². The minimum atomic E-state index is -1.19. The standard InChI is InChI=1S/C14H11ClF2OS/c15-9-4-6-10(7-5-9)19-8-13(18)14-11(16)2-1-3-12(14)17/h1-7,13,18H,8H2. The number of thioether (sulfide) groups is 1. The summed E-state index contributed by atoms with van der Waals surface area (Å²) in [7, 11) is 0. The second-order valence-electron chi connectivity index (χ2n) is 3.92. The molecule has 100 valence electrons. The number of hydrogen-bond donors (Lipinski definition) is 1. The minimum absolute atomic E-state index is 0.166. The highest BCUT2D eigenvalue weighted by molar-refractivity contribution is 7.99. The third kappa shape index (κ3) is 3.69. The summed E-state index contributed by atoms with van der Waals surface area (Å²) in [6, 6.07) is 10.6. The first kappa shape index (κ1) is 14.3. The minimum Gasteiger partial charge on any atom is -0.387 e. The molecule has 0 spiro atoms. The Morgan fingerprint density at radius 3 is 2.21 bits per heavy atom. The second-order valence-corrected chi connectivity index (χ2v) is 5.45. The summed E-state index contributed by atoms with van der Waals surface area (Å²) >= 11 is 7.06. The molecule has 1 atom stereocenters. The van der Waals surface area contributed by atoms with E-state index in [1.54, 1.807) is 24.3 Å². The molecule has 0 heterocycles. The Balaban J connectivity index is 2.05. The lowest BCUT2D eigenvalue weighted by atomic mass is 10.1. The van der Waals surface area contributed by atoms with E-state index in [4.69, 9.17) is 11.6 Å². The third-order valence-corrected chi connectivity index (χ3v) is 3.89. The van der Waals surface area contributed by atoms with E-state index in [-0.39, 0.29) is 11.3 Å². The van der Waals surface area contributed by atoms with E-state index in [1.165, 1.54) is 17.8 Å². The molecule has 0 radical (unpaired) electrons. The number of aliphatic hydroxyl groups is 1. The van der Waals surface area contributed by atoms with Crippen LogP contribution in [0.5, 0.6) is 0 Å². The van der Waals surface area contributed by atoms with Gasteiger partial charge in [-0.25, -0.2) is 8.78 Å². The van der Waals surface area contributed by atoms with Gasteiger partial charge in [-0.15, -0.1) is 11.8 Å². The van der Waals surface area contributed by atoms with Gasteiger partial charge in [-0.05, 0) is 36.4 Å². The number of halogens is 3. The van der Waals surface area contributed by atoms with Crippen molar-refractivity contribution in [3.8, 4) is 0 Å². The molecule has 1 N–H and O–H groups in total. The summed E-state index contributed by atoms with van der Waals surface area (Å²) in [4.78, 5) is 0.875. The highest BCUT2D eigenvalue weighted by Gasteiger charge is 2.17. The molecule has 0 fully saturated rings. The normalized spacial score (nSPS) is 12.4. The van der Waals surface area contributed by atoms with Gasteiger partial charge in [-0.3, -0.25) is 0 Å². The fourth-order valence-corrected chi connectivity index (χ4v) is 2.59. The van der Waals surface area contributed by atoms with Crippen molar-refractivity contribution in [2.75, 3.05) is 5.75 Å². The zero-order valence-corrected chi connectivity index (χ0v) is 11.4. The van der Waals surface area contributed by atoms with E-state index in [9.17, 15) is 13.9 Å². The highest BCUT2D eigenvalue weighted by Crippen LogP contribution is 2.28. The van der Waals surface area contributed by atoms with Crippen LogP contribution in [0.3, 0.4) is 0 Å². The Hall–Kier alpha value is -1.10. The highest BCUT2D eigenvalue weighted by atomic mass is 35.5. The molecule has 0 aliphatic heterocycles.